The quantitative estimate of drug-likeness (QED) is 0.886. The average molecular weight is 341 g/mol. The van der Waals surface area contributed by atoms with Gasteiger partial charge >= 0.3 is 0 Å². The number of likely N-dealkylation sites (N-methyl/N-ethyl adjacent to an activating group) is 1. The number of nitrogens with one attached hydrogen (secondary N) is 1. The SMILES string of the molecule is CNC(C)c1ccc(OCC2CCCCN2C)c(Br)c1. The van der Waals surface area contributed by atoms with Crippen LogP contribution in [0.15, 0.2) is 22.7 Å². The molecule has 1 N–H and O–H groups in total. The molecule has 1 fully saturated rings. The Kier molecular flexibility index (Phi) is 5.87. The number of rotatable bonds is 5. The molecule has 0 saturated carbocycles. The minimum atomic E-state index is 0.352. The zero-order valence-corrected chi connectivity index (χ0v) is 14.2. The molecule has 0 aromatic heterocycles. The van der Waals surface area contributed by atoms with Gasteiger partial charge in [0.15, 0.2) is 0 Å². The van der Waals surface area contributed by atoms with Gasteiger partial charge in [0.2, 0.25) is 0 Å². The van der Waals surface area contributed by atoms with Crippen LogP contribution >= 0.6 is 15.9 Å². The number of nitrogens with zero attached hydrogens (tertiary/aromatic N) is 1. The third kappa shape index (κ3) is 3.96. The summed E-state index contributed by atoms with van der Waals surface area (Å²) in [5, 5.41) is 3.25. The van der Waals surface area contributed by atoms with E-state index in [4.69, 9.17) is 4.74 Å². The molecule has 3 nitrogen and oxygen atoms in total. The molecule has 2 unspecified atom stereocenters. The van der Waals surface area contributed by atoms with Crippen LogP contribution in [-0.4, -0.2) is 38.2 Å². The molecule has 1 aromatic carbocycles. The van der Waals surface area contributed by atoms with E-state index < -0.39 is 0 Å². The Bertz CT molecular complexity index is 438. The summed E-state index contributed by atoms with van der Waals surface area (Å²) in [5.74, 6) is 0.941. The van der Waals surface area contributed by atoms with Crippen molar-refractivity contribution in [1.82, 2.24) is 10.2 Å². The van der Waals surface area contributed by atoms with Crippen molar-refractivity contribution in [2.75, 3.05) is 27.2 Å². The van der Waals surface area contributed by atoms with Crippen molar-refractivity contribution in [3.63, 3.8) is 0 Å². The molecule has 0 aliphatic carbocycles. The van der Waals surface area contributed by atoms with Crippen molar-refractivity contribution in [2.45, 2.75) is 38.3 Å². The Morgan fingerprint density at radius 2 is 2.25 bits per heavy atom. The molecule has 0 spiro atoms. The van der Waals surface area contributed by atoms with Gasteiger partial charge in [-0.1, -0.05) is 12.5 Å². The molecular weight excluding hydrogens is 316 g/mol. The van der Waals surface area contributed by atoms with Gasteiger partial charge in [-0.3, -0.25) is 0 Å². The largest absolute Gasteiger partial charge is 0.491 e. The van der Waals surface area contributed by atoms with Crippen LogP contribution in [0.4, 0.5) is 0 Å². The Morgan fingerprint density at radius 3 is 2.90 bits per heavy atom. The fourth-order valence-electron chi connectivity index (χ4n) is 2.61. The number of benzene rings is 1. The maximum absolute atomic E-state index is 6.01. The van der Waals surface area contributed by atoms with Crippen LogP contribution in [0.2, 0.25) is 0 Å². The standard InChI is InChI=1S/C16H25BrN2O/c1-12(18-2)13-7-8-16(15(17)10-13)20-11-14-6-4-5-9-19(14)3/h7-8,10,12,14,18H,4-6,9,11H2,1-3H3. The summed E-state index contributed by atoms with van der Waals surface area (Å²) in [5.41, 5.74) is 1.27. The predicted molar refractivity (Wildman–Crippen MR) is 87.4 cm³/mol. The Morgan fingerprint density at radius 1 is 1.45 bits per heavy atom. The second-order valence-corrected chi connectivity index (χ2v) is 6.50. The van der Waals surface area contributed by atoms with E-state index in [0.717, 1.165) is 16.8 Å². The van der Waals surface area contributed by atoms with Crippen molar-refractivity contribution in [3.05, 3.63) is 28.2 Å². The Balaban J connectivity index is 1.96. The molecule has 20 heavy (non-hydrogen) atoms. The van der Waals surface area contributed by atoms with Crippen LogP contribution in [0.1, 0.15) is 37.8 Å². The average Bonchev–Trinajstić information content (AvgIpc) is 2.46. The van der Waals surface area contributed by atoms with E-state index in [2.05, 4.69) is 58.3 Å². The fourth-order valence-corrected chi connectivity index (χ4v) is 3.12. The molecule has 1 heterocycles. The van der Waals surface area contributed by atoms with Crippen LogP contribution in [0.3, 0.4) is 0 Å². The molecule has 2 rings (SSSR count). The van der Waals surface area contributed by atoms with E-state index >= 15 is 0 Å². The summed E-state index contributed by atoms with van der Waals surface area (Å²) in [4.78, 5) is 2.41. The highest BCUT2D eigenvalue weighted by Gasteiger charge is 2.19. The van der Waals surface area contributed by atoms with Crippen molar-refractivity contribution in [3.8, 4) is 5.75 Å². The van der Waals surface area contributed by atoms with Gasteiger partial charge in [-0.2, -0.15) is 0 Å². The summed E-state index contributed by atoms with van der Waals surface area (Å²) >= 11 is 3.62. The van der Waals surface area contributed by atoms with Gasteiger partial charge in [-0.25, -0.2) is 0 Å². The number of halogens is 1. The normalized spacial score (nSPS) is 21.7. The third-order valence-electron chi connectivity index (χ3n) is 4.24. The van der Waals surface area contributed by atoms with Gasteiger partial charge in [-0.05, 0) is 74.0 Å². The highest BCUT2D eigenvalue weighted by atomic mass is 79.9. The maximum Gasteiger partial charge on any atom is 0.133 e. The highest BCUT2D eigenvalue weighted by Crippen LogP contribution is 2.29. The molecule has 0 amide bonds. The van der Waals surface area contributed by atoms with Crippen molar-refractivity contribution in [1.29, 1.82) is 0 Å². The smallest absolute Gasteiger partial charge is 0.133 e. The zero-order valence-electron chi connectivity index (χ0n) is 12.7. The summed E-state index contributed by atoms with van der Waals surface area (Å²) in [6.45, 7) is 4.11. The molecule has 1 aromatic rings. The first-order chi connectivity index (χ1) is 9.61. The minimum absolute atomic E-state index is 0.352. The van der Waals surface area contributed by atoms with Crippen LogP contribution in [0.5, 0.6) is 5.75 Å². The van der Waals surface area contributed by atoms with E-state index in [9.17, 15) is 0 Å². The van der Waals surface area contributed by atoms with Gasteiger partial charge in [-0.15, -0.1) is 0 Å². The molecule has 1 aliphatic heterocycles. The topological polar surface area (TPSA) is 24.5 Å². The summed E-state index contributed by atoms with van der Waals surface area (Å²) in [7, 11) is 4.17. The van der Waals surface area contributed by atoms with Crippen molar-refractivity contribution >= 4 is 15.9 Å². The van der Waals surface area contributed by atoms with E-state index in [1.54, 1.807) is 0 Å². The molecule has 1 aliphatic rings. The van der Waals surface area contributed by atoms with Gasteiger partial charge in [0.05, 0.1) is 4.47 Å². The molecule has 0 bridgehead atoms. The zero-order chi connectivity index (χ0) is 14.5. The van der Waals surface area contributed by atoms with Crippen molar-refractivity contribution < 1.29 is 4.74 Å². The monoisotopic (exact) mass is 340 g/mol. The lowest BCUT2D eigenvalue weighted by Crippen LogP contribution is -2.40. The lowest BCUT2D eigenvalue weighted by Gasteiger charge is -2.32. The van der Waals surface area contributed by atoms with E-state index in [1.165, 1.54) is 31.4 Å². The van der Waals surface area contributed by atoms with Gasteiger partial charge < -0.3 is 15.0 Å². The first-order valence-corrected chi connectivity index (χ1v) is 8.21. The number of hydrogen-bond donors (Lipinski definition) is 1. The second kappa shape index (κ2) is 7.43. The fraction of sp³-hybridized carbons (Fsp3) is 0.625. The van der Waals surface area contributed by atoms with Crippen LogP contribution in [-0.2, 0) is 0 Å². The van der Waals surface area contributed by atoms with Gasteiger partial charge in [0.1, 0.15) is 12.4 Å². The van der Waals surface area contributed by atoms with E-state index in [1.807, 2.05) is 7.05 Å². The van der Waals surface area contributed by atoms with Crippen molar-refractivity contribution in [2.24, 2.45) is 0 Å². The van der Waals surface area contributed by atoms with E-state index in [-0.39, 0.29) is 0 Å². The minimum Gasteiger partial charge on any atom is -0.491 e. The first kappa shape index (κ1) is 15.8. The van der Waals surface area contributed by atoms with Crippen LogP contribution < -0.4 is 10.1 Å². The lowest BCUT2D eigenvalue weighted by molar-refractivity contribution is 0.124. The number of likely N-dealkylation sites (tertiary alicyclic amines) is 1. The summed E-state index contributed by atoms with van der Waals surface area (Å²) in [6.07, 6.45) is 3.87. The van der Waals surface area contributed by atoms with Crippen LogP contribution in [0.25, 0.3) is 0 Å². The highest BCUT2D eigenvalue weighted by molar-refractivity contribution is 9.10. The molecule has 1 saturated heterocycles. The molecule has 4 heteroatoms. The third-order valence-corrected chi connectivity index (χ3v) is 4.86. The molecular formula is C16H25BrN2O. The predicted octanol–water partition coefficient (Wildman–Crippen LogP) is 3.59. The number of ether oxygens (including phenoxy) is 1. The number of hydrogen-bond acceptors (Lipinski definition) is 3. The van der Waals surface area contributed by atoms with Crippen LogP contribution in [0, 0.1) is 0 Å². The Hall–Kier alpha value is -0.580. The first-order valence-electron chi connectivity index (χ1n) is 7.41. The van der Waals surface area contributed by atoms with Gasteiger partial charge in [0, 0.05) is 12.1 Å². The summed E-state index contributed by atoms with van der Waals surface area (Å²) < 4.78 is 7.04. The summed E-state index contributed by atoms with van der Waals surface area (Å²) in [6, 6.07) is 7.24. The lowest BCUT2D eigenvalue weighted by atomic mass is 10.0. The van der Waals surface area contributed by atoms with E-state index in [0.29, 0.717) is 12.1 Å². The molecule has 0 radical (unpaired) electrons. The van der Waals surface area contributed by atoms with Gasteiger partial charge in [0.25, 0.3) is 0 Å². The molecule has 2 atom stereocenters. The maximum atomic E-state index is 6.01. The number of piperidine rings is 1. The Labute approximate surface area is 130 Å². The second-order valence-electron chi connectivity index (χ2n) is 5.64. The molecule has 112 valence electrons.